The fraction of sp³-hybridized carbons (Fsp3) is 0.412. The molecule has 0 radical (unpaired) electrons. The molecule has 1 aliphatic rings. The molecule has 1 unspecified atom stereocenters. The maximum atomic E-state index is 6.31. The molecule has 94 valence electrons. The maximum absolute atomic E-state index is 6.31. The van der Waals surface area contributed by atoms with E-state index in [9.17, 15) is 0 Å². The van der Waals surface area contributed by atoms with E-state index in [2.05, 4.69) is 42.5 Å². The minimum atomic E-state index is 0.320. The van der Waals surface area contributed by atoms with Crippen LogP contribution < -0.4 is 5.73 Å². The van der Waals surface area contributed by atoms with Crippen molar-refractivity contribution in [2.45, 2.75) is 38.1 Å². The molecule has 1 saturated carbocycles. The molecule has 0 heterocycles. The second kappa shape index (κ2) is 5.11. The van der Waals surface area contributed by atoms with E-state index in [0.717, 1.165) is 12.3 Å². The van der Waals surface area contributed by atoms with Crippen LogP contribution >= 0.6 is 0 Å². The first-order valence-corrected chi connectivity index (χ1v) is 7.05. The molecule has 3 rings (SSSR count). The number of hydrogen-bond donors (Lipinski definition) is 1. The molecule has 1 fully saturated rings. The van der Waals surface area contributed by atoms with Gasteiger partial charge in [-0.05, 0) is 35.1 Å². The fourth-order valence-corrected chi connectivity index (χ4v) is 2.99. The van der Waals surface area contributed by atoms with Crippen molar-refractivity contribution in [1.82, 2.24) is 0 Å². The molecule has 0 aliphatic heterocycles. The molecule has 1 heteroatoms. The van der Waals surface area contributed by atoms with Gasteiger partial charge in [0.25, 0.3) is 0 Å². The van der Waals surface area contributed by atoms with Crippen molar-refractivity contribution >= 4 is 10.8 Å². The van der Waals surface area contributed by atoms with Crippen LogP contribution in [0.5, 0.6) is 0 Å². The van der Waals surface area contributed by atoms with Crippen LogP contribution in [0.4, 0.5) is 0 Å². The van der Waals surface area contributed by atoms with Gasteiger partial charge in [-0.1, -0.05) is 61.7 Å². The predicted molar refractivity (Wildman–Crippen MR) is 77.6 cm³/mol. The Morgan fingerprint density at radius 1 is 1.06 bits per heavy atom. The summed E-state index contributed by atoms with van der Waals surface area (Å²) in [5.41, 5.74) is 7.71. The van der Waals surface area contributed by atoms with Gasteiger partial charge in [-0.25, -0.2) is 0 Å². The molecule has 0 aromatic heterocycles. The van der Waals surface area contributed by atoms with Crippen molar-refractivity contribution in [3.63, 3.8) is 0 Å². The second-order valence-corrected chi connectivity index (χ2v) is 5.64. The van der Waals surface area contributed by atoms with Crippen LogP contribution in [-0.2, 0) is 6.42 Å². The standard InChI is InChI=1S/C17H21N/c18-16(11-13-5-3-6-13)12-15-9-4-8-14-7-1-2-10-17(14)15/h1-2,4,7-10,13,16H,3,5-6,11-12,18H2. The summed E-state index contributed by atoms with van der Waals surface area (Å²) in [5, 5.41) is 2.69. The lowest BCUT2D eigenvalue weighted by Gasteiger charge is -2.28. The summed E-state index contributed by atoms with van der Waals surface area (Å²) < 4.78 is 0. The van der Waals surface area contributed by atoms with Crippen molar-refractivity contribution < 1.29 is 0 Å². The van der Waals surface area contributed by atoms with E-state index in [1.54, 1.807) is 0 Å². The second-order valence-electron chi connectivity index (χ2n) is 5.64. The molecular formula is C17H21N. The maximum Gasteiger partial charge on any atom is 0.00821 e. The summed E-state index contributed by atoms with van der Waals surface area (Å²) in [5.74, 6) is 0.898. The van der Waals surface area contributed by atoms with Crippen molar-refractivity contribution in [2.24, 2.45) is 11.7 Å². The van der Waals surface area contributed by atoms with Gasteiger partial charge >= 0.3 is 0 Å². The fourth-order valence-electron chi connectivity index (χ4n) is 2.99. The first-order chi connectivity index (χ1) is 8.83. The van der Waals surface area contributed by atoms with Gasteiger partial charge in [0.1, 0.15) is 0 Å². The molecule has 2 aromatic carbocycles. The van der Waals surface area contributed by atoms with Crippen molar-refractivity contribution in [3.8, 4) is 0 Å². The Hall–Kier alpha value is -1.34. The lowest BCUT2D eigenvalue weighted by Crippen LogP contribution is -2.28. The quantitative estimate of drug-likeness (QED) is 0.860. The highest BCUT2D eigenvalue weighted by Gasteiger charge is 2.20. The summed E-state index contributed by atoms with van der Waals surface area (Å²) in [6.07, 6.45) is 6.40. The Labute approximate surface area is 109 Å². The van der Waals surface area contributed by atoms with Gasteiger partial charge in [0, 0.05) is 6.04 Å². The Balaban J connectivity index is 1.76. The van der Waals surface area contributed by atoms with E-state index in [4.69, 9.17) is 5.73 Å². The molecule has 1 nitrogen and oxygen atoms in total. The van der Waals surface area contributed by atoms with Gasteiger partial charge in [-0.15, -0.1) is 0 Å². The molecular weight excluding hydrogens is 218 g/mol. The van der Waals surface area contributed by atoms with E-state index in [1.807, 2.05) is 0 Å². The zero-order chi connectivity index (χ0) is 12.4. The van der Waals surface area contributed by atoms with Crippen molar-refractivity contribution in [3.05, 3.63) is 48.0 Å². The van der Waals surface area contributed by atoms with Crippen molar-refractivity contribution in [2.75, 3.05) is 0 Å². The zero-order valence-electron chi connectivity index (χ0n) is 10.8. The average Bonchev–Trinajstić information content (AvgIpc) is 2.34. The number of benzene rings is 2. The molecule has 0 saturated heterocycles. The number of fused-ring (bicyclic) bond motifs is 1. The van der Waals surface area contributed by atoms with E-state index in [0.29, 0.717) is 6.04 Å². The summed E-state index contributed by atoms with van der Waals surface area (Å²) >= 11 is 0. The SMILES string of the molecule is NC(Cc1cccc2ccccc12)CC1CCC1. The van der Waals surface area contributed by atoms with Gasteiger partial charge < -0.3 is 5.73 Å². The minimum Gasteiger partial charge on any atom is -0.327 e. The van der Waals surface area contributed by atoms with Gasteiger partial charge in [-0.2, -0.15) is 0 Å². The summed E-state index contributed by atoms with van der Waals surface area (Å²) in [6.45, 7) is 0. The van der Waals surface area contributed by atoms with E-state index < -0.39 is 0 Å². The molecule has 1 atom stereocenters. The first-order valence-electron chi connectivity index (χ1n) is 7.05. The largest absolute Gasteiger partial charge is 0.327 e. The molecule has 2 aromatic rings. The third-order valence-corrected chi connectivity index (χ3v) is 4.22. The zero-order valence-corrected chi connectivity index (χ0v) is 10.8. The molecule has 0 bridgehead atoms. The normalized spacial score (nSPS) is 17.6. The number of rotatable bonds is 4. The Bertz CT molecular complexity index is 523. The van der Waals surface area contributed by atoms with Crippen molar-refractivity contribution in [1.29, 1.82) is 0 Å². The molecule has 1 aliphatic carbocycles. The molecule has 0 amide bonds. The summed E-state index contributed by atoms with van der Waals surface area (Å²) in [4.78, 5) is 0. The van der Waals surface area contributed by atoms with E-state index in [-0.39, 0.29) is 0 Å². The average molecular weight is 239 g/mol. The van der Waals surface area contributed by atoms with Crippen LogP contribution in [0.15, 0.2) is 42.5 Å². The van der Waals surface area contributed by atoms with Crippen LogP contribution in [-0.4, -0.2) is 6.04 Å². The van der Waals surface area contributed by atoms with E-state index >= 15 is 0 Å². The highest BCUT2D eigenvalue weighted by Crippen LogP contribution is 2.31. The summed E-state index contributed by atoms with van der Waals surface area (Å²) in [7, 11) is 0. The number of hydrogen-bond acceptors (Lipinski definition) is 1. The smallest absolute Gasteiger partial charge is 0.00821 e. The Morgan fingerprint density at radius 2 is 1.83 bits per heavy atom. The van der Waals surface area contributed by atoms with Crippen LogP contribution in [0, 0.1) is 5.92 Å². The van der Waals surface area contributed by atoms with Gasteiger partial charge in [0.15, 0.2) is 0 Å². The lowest BCUT2D eigenvalue weighted by molar-refractivity contribution is 0.275. The van der Waals surface area contributed by atoms with E-state index in [1.165, 1.54) is 42.0 Å². The lowest BCUT2D eigenvalue weighted by atomic mass is 9.80. The molecule has 0 spiro atoms. The summed E-state index contributed by atoms with van der Waals surface area (Å²) in [6, 6.07) is 15.5. The molecule has 18 heavy (non-hydrogen) atoms. The monoisotopic (exact) mass is 239 g/mol. The van der Waals surface area contributed by atoms with Gasteiger partial charge in [0.2, 0.25) is 0 Å². The number of nitrogens with two attached hydrogens (primary N) is 1. The van der Waals surface area contributed by atoms with Crippen LogP contribution in [0.3, 0.4) is 0 Å². The third kappa shape index (κ3) is 2.41. The van der Waals surface area contributed by atoms with Crippen LogP contribution in [0.1, 0.15) is 31.2 Å². The highest BCUT2D eigenvalue weighted by molar-refractivity contribution is 5.85. The minimum absolute atomic E-state index is 0.320. The first kappa shape index (κ1) is 11.7. The Kier molecular flexibility index (Phi) is 3.33. The highest BCUT2D eigenvalue weighted by atomic mass is 14.6. The van der Waals surface area contributed by atoms with Crippen LogP contribution in [0.2, 0.25) is 0 Å². The topological polar surface area (TPSA) is 26.0 Å². The molecule has 2 N–H and O–H groups in total. The third-order valence-electron chi connectivity index (χ3n) is 4.22. The Morgan fingerprint density at radius 3 is 2.61 bits per heavy atom. The van der Waals surface area contributed by atoms with Gasteiger partial charge in [0.05, 0.1) is 0 Å². The van der Waals surface area contributed by atoms with Crippen LogP contribution in [0.25, 0.3) is 10.8 Å². The predicted octanol–water partition coefficient (Wildman–Crippen LogP) is 3.90. The van der Waals surface area contributed by atoms with Gasteiger partial charge in [-0.3, -0.25) is 0 Å².